The van der Waals surface area contributed by atoms with Crippen molar-refractivity contribution >= 4 is 0 Å². The zero-order valence-corrected chi connectivity index (χ0v) is 7.80. The van der Waals surface area contributed by atoms with Crippen LogP contribution in [-0.2, 0) is 6.42 Å². The summed E-state index contributed by atoms with van der Waals surface area (Å²) in [4.78, 5) is 1.43. The Hall–Kier alpha value is -1.63. The molecule has 0 heterocycles. The highest BCUT2D eigenvalue weighted by Crippen LogP contribution is 2.09. The summed E-state index contributed by atoms with van der Waals surface area (Å²) in [6.07, 6.45) is 2.46. The molecule has 0 aliphatic heterocycles. The molecule has 0 fully saturated rings. The van der Waals surface area contributed by atoms with E-state index < -0.39 is 11.6 Å². The predicted octanol–water partition coefficient (Wildman–Crippen LogP) is 1.92. The van der Waals surface area contributed by atoms with Crippen molar-refractivity contribution in [2.45, 2.75) is 6.42 Å². The van der Waals surface area contributed by atoms with Crippen LogP contribution in [0.3, 0.4) is 0 Å². The molecule has 0 unspecified atom stereocenters. The molecule has 74 valence electrons. The lowest BCUT2D eigenvalue weighted by molar-refractivity contribution is 0.474. The van der Waals surface area contributed by atoms with E-state index in [4.69, 9.17) is 5.26 Å². The minimum atomic E-state index is -0.845. The molecular weight excluding hydrogens is 186 g/mol. The van der Waals surface area contributed by atoms with Gasteiger partial charge < -0.3 is 4.90 Å². The highest BCUT2D eigenvalue weighted by Gasteiger charge is 2.02. The van der Waals surface area contributed by atoms with Crippen LogP contribution in [-0.4, -0.2) is 18.5 Å². The normalized spacial score (nSPS) is 9.57. The number of likely N-dealkylation sites (N-methyl/N-ethyl adjacent to an activating group) is 1. The number of halogens is 2. The van der Waals surface area contributed by atoms with Gasteiger partial charge in [0.1, 0.15) is 0 Å². The highest BCUT2D eigenvalue weighted by molar-refractivity contribution is 5.18. The third-order valence-corrected chi connectivity index (χ3v) is 1.89. The van der Waals surface area contributed by atoms with Gasteiger partial charge in [0.15, 0.2) is 17.8 Å². The Morgan fingerprint density at radius 1 is 1.36 bits per heavy atom. The first-order chi connectivity index (χ1) is 6.63. The lowest BCUT2D eigenvalue weighted by atomic mass is 10.1. The summed E-state index contributed by atoms with van der Waals surface area (Å²) in [5.41, 5.74) is 0.686. The second-order valence-corrected chi connectivity index (χ2v) is 3.02. The lowest BCUT2D eigenvalue weighted by Gasteiger charge is -2.08. The average molecular weight is 196 g/mol. The van der Waals surface area contributed by atoms with Gasteiger partial charge in [0, 0.05) is 13.6 Å². The second-order valence-electron chi connectivity index (χ2n) is 3.02. The van der Waals surface area contributed by atoms with Crippen molar-refractivity contribution in [1.29, 1.82) is 5.26 Å². The largest absolute Gasteiger partial charge is 0.313 e. The van der Waals surface area contributed by atoms with Gasteiger partial charge in [0.05, 0.1) is 0 Å². The highest BCUT2D eigenvalue weighted by atomic mass is 19.2. The summed E-state index contributed by atoms with van der Waals surface area (Å²) in [5.74, 6) is -1.69. The van der Waals surface area contributed by atoms with Crippen molar-refractivity contribution < 1.29 is 8.78 Å². The van der Waals surface area contributed by atoms with Crippen LogP contribution in [0.15, 0.2) is 18.2 Å². The smallest absolute Gasteiger partial charge is 0.179 e. The Morgan fingerprint density at radius 3 is 2.64 bits per heavy atom. The van der Waals surface area contributed by atoms with E-state index in [1.165, 1.54) is 11.0 Å². The van der Waals surface area contributed by atoms with Gasteiger partial charge in [-0.05, 0) is 24.1 Å². The monoisotopic (exact) mass is 196 g/mol. The standard InChI is InChI=1S/C10H10F2N2/c1-14(7-13)5-4-8-2-3-9(11)10(12)6-8/h2-3,6H,4-5H2,1H3. The van der Waals surface area contributed by atoms with Gasteiger partial charge in [-0.2, -0.15) is 5.26 Å². The zero-order chi connectivity index (χ0) is 10.6. The van der Waals surface area contributed by atoms with Crippen LogP contribution in [0.4, 0.5) is 8.78 Å². The topological polar surface area (TPSA) is 27.0 Å². The Kier molecular flexibility index (Phi) is 3.41. The molecule has 0 radical (unpaired) electrons. The van der Waals surface area contributed by atoms with E-state index in [9.17, 15) is 8.78 Å². The number of rotatable bonds is 3. The molecule has 0 aliphatic rings. The number of nitrogens with zero attached hydrogens (tertiary/aromatic N) is 2. The first-order valence-electron chi connectivity index (χ1n) is 4.18. The molecule has 0 saturated carbocycles. The quantitative estimate of drug-likeness (QED) is 0.545. The van der Waals surface area contributed by atoms with Gasteiger partial charge >= 0.3 is 0 Å². The van der Waals surface area contributed by atoms with Gasteiger partial charge in [-0.25, -0.2) is 8.78 Å². The summed E-state index contributed by atoms with van der Waals surface area (Å²) >= 11 is 0. The van der Waals surface area contributed by atoms with Crippen LogP contribution in [0.25, 0.3) is 0 Å². The predicted molar refractivity (Wildman–Crippen MR) is 48.3 cm³/mol. The number of hydrogen-bond donors (Lipinski definition) is 0. The molecule has 0 saturated heterocycles. The Balaban J connectivity index is 2.61. The zero-order valence-electron chi connectivity index (χ0n) is 7.80. The molecule has 1 aromatic rings. The van der Waals surface area contributed by atoms with E-state index in [0.717, 1.165) is 12.1 Å². The van der Waals surface area contributed by atoms with Gasteiger partial charge in [-0.1, -0.05) is 6.07 Å². The first-order valence-corrected chi connectivity index (χ1v) is 4.18. The van der Waals surface area contributed by atoms with Crippen molar-refractivity contribution in [3.05, 3.63) is 35.4 Å². The molecule has 0 atom stereocenters. The molecule has 0 spiro atoms. The van der Waals surface area contributed by atoms with Crippen molar-refractivity contribution in [3.8, 4) is 6.19 Å². The molecule has 2 nitrogen and oxygen atoms in total. The molecule has 0 aromatic heterocycles. The third kappa shape index (κ3) is 2.70. The van der Waals surface area contributed by atoms with E-state index in [1.54, 1.807) is 7.05 Å². The summed E-state index contributed by atoms with van der Waals surface area (Å²) in [6.45, 7) is 0.502. The molecule has 4 heteroatoms. The van der Waals surface area contributed by atoms with Crippen LogP contribution in [0, 0.1) is 23.1 Å². The van der Waals surface area contributed by atoms with Crippen molar-refractivity contribution in [2.24, 2.45) is 0 Å². The molecule has 14 heavy (non-hydrogen) atoms. The second kappa shape index (κ2) is 4.56. The van der Waals surface area contributed by atoms with Crippen LogP contribution in [0.5, 0.6) is 0 Å². The Morgan fingerprint density at radius 2 is 2.07 bits per heavy atom. The van der Waals surface area contributed by atoms with Gasteiger partial charge in [-0.15, -0.1) is 0 Å². The fraction of sp³-hybridized carbons (Fsp3) is 0.300. The molecule has 1 rings (SSSR count). The van der Waals surface area contributed by atoms with E-state index >= 15 is 0 Å². The SMILES string of the molecule is CN(C#N)CCc1ccc(F)c(F)c1. The maximum atomic E-state index is 12.7. The Bertz CT molecular complexity index is 358. The van der Waals surface area contributed by atoms with Crippen LogP contribution in [0.2, 0.25) is 0 Å². The van der Waals surface area contributed by atoms with Crippen molar-refractivity contribution in [1.82, 2.24) is 4.90 Å². The van der Waals surface area contributed by atoms with Crippen molar-refractivity contribution in [2.75, 3.05) is 13.6 Å². The van der Waals surface area contributed by atoms with Crippen molar-refractivity contribution in [3.63, 3.8) is 0 Å². The average Bonchev–Trinajstić information content (AvgIpc) is 2.19. The number of benzene rings is 1. The minimum Gasteiger partial charge on any atom is -0.313 e. The molecule has 0 amide bonds. The van der Waals surface area contributed by atoms with Crippen LogP contribution < -0.4 is 0 Å². The maximum Gasteiger partial charge on any atom is 0.179 e. The van der Waals surface area contributed by atoms with E-state index in [2.05, 4.69) is 0 Å². The van der Waals surface area contributed by atoms with E-state index in [0.29, 0.717) is 18.5 Å². The van der Waals surface area contributed by atoms with Gasteiger partial charge in [0.2, 0.25) is 0 Å². The van der Waals surface area contributed by atoms with Gasteiger partial charge in [-0.3, -0.25) is 0 Å². The Labute approximate surface area is 81.4 Å². The van der Waals surface area contributed by atoms with Gasteiger partial charge in [0.25, 0.3) is 0 Å². The maximum absolute atomic E-state index is 12.7. The summed E-state index contributed by atoms with van der Waals surface area (Å²) in [6, 6.07) is 3.77. The number of nitriles is 1. The summed E-state index contributed by atoms with van der Waals surface area (Å²) < 4.78 is 25.3. The van der Waals surface area contributed by atoms with Crippen LogP contribution >= 0.6 is 0 Å². The summed E-state index contributed by atoms with van der Waals surface area (Å²) in [7, 11) is 1.64. The third-order valence-electron chi connectivity index (χ3n) is 1.89. The lowest BCUT2D eigenvalue weighted by Crippen LogP contribution is -2.14. The van der Waals surface area contributed by atoms with E-state index in [-0.39, 0.29) is 0 Å². The van der Waals surface area contributed by atoms with Crippen LogP contribution in [0.1, 0.15) is 5.56 Å². The molecule has 0 aliphatic carbocycles. The summed E-state index contributed by atoms with van der Waals surface area (Å²) in [5, 5.41) is 8.45. The fourth-order valence-corrected chi connectivity index (χ4v) is 1.04. The molecule has 1 aromatic carbocycles. The molecule has 0 N–H and O–H groups in total. The molecular formula is C10H10F2N2. The van der Waals surface area contributed by atoms with E-state index in [1.807, 2.05) is 6.19 Å². The molecule has 0 bridgehead atoms. The first kappa shape index (κ1) is 10.5. The number of hydrogen-bond acceptors (Lipinski definition) is 2. The fourth-order valence-electron chi connectivity index (χ4n) is 1.04. The minimum absolute atomic E-state index is 0.502.